The number of carbonyl (C=O) groups excluding carboxylic acids is 1. The number of fused-ring (bicyclic) bond motifs is 1. The first-order chi connectivity index (χ1) is 11.2. The molecule has 0 unspecified atom stereocenters. The molecule has 2 N–H and O–H groups in total. The van der Waals surface area contributed by atoms with E-state index in [1.807, 2.05) is 18.2 Å². The average molecular weight is 310 g/mol. The minimum Gasteiger partial charge on any atom is -0.493 e. The normalized spacial score (nSPS) is 11.4. The lowest BCUT2D eigenvalue weighted by atomic mass is 10.1. The molecule has 3 rings (SSSR count). The van der Waals surface area contributed by atoms with Crippen LogP contribution in [0.2, 0.25) is 0 Å². The van der Waals surface area contributed by atoms with Crippen molar-refractivity contribution in [1.82, 2.24) is 0 Å². The van der Waals surface area contributed by atoms with Gasteiger partial charge in [0.2, 0.25) is 0 Å². The van der Waals surface area contributed by atoms with Crippen LogP contribution in [-0.4, -0.2) is 18.2 Å². The summed E-state index contributed by atoms with van der Waals surface area (Å²) in [6, 6.07) is 15.9. The van der Waals surface area contributed by atoms with Crippen LogP contribution in [0.15, 0.2) is 64.2 Å². The van der Waals surface area contributed by atoms with Crippen LogP contribution in [0.1, 0.15) is 10.4 Å². The van der Waals surface area contributed by atoms with Crippen molar-refractivity contribution in [1.29, 1.82) is 0 Å². The summed E-state index contributed by atoms with van der Waals surface area (Å²) in [5.41, 5.74) is 0.971. The fourth-order valence-corrected chi connectivity index (χ4v) is 2.24. The van der Waals surface area contributed by atoms with Crippen LogP contribution in [0, 0.1) is 0 Å². The summed E-state index contributed by atoms with van der Waals surface area (Å²) >= 11 is 0. The molecule has 0 aliphatic rings. The highest BCUT2D eigenvalue weighted by Crippen LogP contribution is 2.24. The lowest BCUT2D eigenvalue weighted by Crippen LogP contribution is -2.21. The monoisotopic (exact) mass is 310 g/mol. The topological polar surface area (TPSA) is 84.1 Å². The van der Waals surface area contributed by atoms with E-state index in [2.05, 4.69) is 10.5 Å². The number of nitrogens with one attached hydrogen (secondary N) is 1. The molecule has 0 radical (unpaired) electrons. The van der Waals surface area contributed by atoms with Crippen molar-refractivity contribution in [3.8, 4) is 5.75 Å². The Morgan fingerprint density at radius 3 is 2.65 bits per heavy atom. The van der Waals surface area contributed by atoms with Gasteiger partial charge in [0, 0.05) is 11.1 Å². The van der Waals surface area contributed by atoms with Gasteiger partial charge in [-0.05, 0) is 29.4 Å². The van der Waals surface area contributed by atoms with E-state index >= 15 is 0 Å². The molecule has 1 heterocycles. The zero-order valence-corrected chi connectivity index (χ0v) is 12.3. The number of anilines is 1. The highest BCUT2D eigenvalue weighted by Gasteiger charge is 2.15. The minimum atomic E-state index is -0.433. The highest BCUT2D eigenvalue weighted by molar-refractivity contribution is 6.05. The molecule has 1 amide bonds. The molecule has 6 nitrogen and oxygen atoms in total. The highest BCUT2D eigenvalue weighted by atomic mass is 16.5. The first-order valence-electron chi connectivity index (χ1n) is 6.88. The van der Waals surface area contributed by atoms with Gasteiger partial charge in [-0.3, -0.25) is 4.79 Å². The minimum absolute atomic E-state index is 0.122. The Balaban J connectivity index is 2.08. The molecular formula is C17H14N2O4. The maximum absolute atomic E-state index is 12.4. The van der Waals surface area contributed by atoms with Crippen LogP contribution >= 0.6 is 0 Å². The SMILES string of the molecule is COc1cccc2cc(C(=O)Nc3ccccc3)c(=NO)oc12. The molecule has 1 aromatic heterocycles. The van der Waals surface area contributed by atoms with E-state index in [9.17, 15) is 4.79 Å². The fraction of sp³-hybridized carbons (Fsp3) is 0.0588. The number of hydrogen-bond acceptors (Lipinski definition) is 5. The number of nitrogens with zero attached hydrogens (tertiary/aromatic N) is 1. The second kappa shape index (κ2) is 6.23. The molecule has 3 aromatic rings. The molecule has 0 fully saturated rings. The largest absolute Gasteiger partial charge is 0.493 e. The van der Waals surface area contributed by atoms with E-state index in [-0.39, 0.29) is 11.1 Å². The van der Waals surface area contributed by atoms with Crippen LogP contribution in [0.5, 0.6) is 5.75 Å². The molecule has 0 bridgehead atoms. The van der Waals surface area contributed by atoms with Crippen molar-refractivity contribution < 1.29 is 19.2 Å². The number of ether oxygens (including phenoxy) is 1. The van der Waals surface area contributed by atoms with Gasteiger partial charge in [-0.2, -0.15) is 0 Å². The van der Waals surface area contributed by atoms with Gasteiger partial charge < -0.3 is 19.7 Å². The molecule has 0 aliphatic heterocycles. The Morgan fingerprint density at radius 2 is 1.96 bits per heavy atom. The maximum atomic E-state index is 12.4. The molecule has 0 aliphatic carbocycles. The average Bonchev–Trinajstić information content (AvgIpc) is 2.60. The number of benzene rings is 2. The number of carbonyl (C=O) groups is 1. The van der Waals surface area contributed by atoms with E-state index < -0.39 is 5.91 Å². The Labute approximate surface area is 131 Å². The van der Waals surface area contributed by atoms with Crippen molar-refractivity contribution in [3.05, 3.63) is 65.7 Å². The predicted octanol–water partition coefficient (Wildman–Crippen LogP) is 2.98. The summed E-state index contributed by atoms with van der Waals surface area (Å²) in [4.78, 5) is 12.4. The molecule has 6 heteroatoms. The van der Waals surface area contributed by atoms with E-state index in [0.29, 0.717) is 22.4 Å². The van der Waals surface area contributed by atoms with Gasteiger partial charge in [-0.1, -0.05) is 30.3 Å². The van der Waals surface area contributed by atoms with Crippen LogP contribution in [0.25, 0.3) is 11.0 Å². The first kappa shape index (κ1) is 14.6. The molecule has 116 valence electrons. The zero-order chi connectivity index (χ0) is 16.2. The van der Waals surface area contributed by atoms with Crippen LogP contribution in [0.4, 0.5) is 5.69 Å². The van der Waals surface area contributed by atoms with Crippen LogP contribution < -0.4 is 15.6 Å². The van der Waals surface area contributed by atoms with Gasteiger partial charge >= 0.3 is 0 Å². The molecule has 0 saturated carbocycles. The number of amides is 1. The van der Waals surface area contributed by atoms with Crippen molar-refractivity contribution in [2.45, 2.75) is 0 Å². The summed E-state index contributed by atoms with van der Waals surface area (Å²) in [6.07, 6.45) is 0. The third-order valence-electron chi connectivity index (χ3n) is 3.33. The number of para-hydroxylation sites is 2. The summed E-state index contributed by atoms with van der Waals surface area (Å²) in [5.74, 6) is 0.0555. The van der Waals surface area contributed by atoms with Gasteiger partial charge in [0.15, 0.2) is 11.3 Å². The van der Waals surface area contributed by atoms with Gasteiger partial charge in [0.05, 0.1) is 7.11 Å². The second-order valence-electron chi connectivity index (χ2n) is 4.76. The predicted molar refractivity (Wildman–Crippen MR) is 84.5 cm³/mol. The fourth-order valence-electron chi connectivity index (χ4n) is 2.24. The quantitative estimate of drug-likeness (QED) is 0.575. The van der Waals surface area contributed by atoms with E-state index in [4.69, 9.17) is 14.4 Å². The van der Waals surface area contributed by atoms with Gasteiger partial charge in [0.25, 0.3) is 11.5 Å². The standard InChI is InChI=1S/C17H14N2O4/c1-22-14-9-5-6-11-10-13(17(19-21)23-15(11)14)16(20)18-12-7-3-2-4-8-12/h2-10,21H,1H3,(H,18,20). The molecule has 0 saturated heterocycles. The van der Waals surface area contributed by atoms with Crippen LogP contribution in [-0.2, 0) is 0 Å². The zero-order valence-electron chi connectivity index (χ0n) is 12.3. The van der Waals surface area contributed by atoms with Crippen molar-refractivity contribution in [2.24, 2.45) is 5.16 Å². The Morgan fingerprint density at radius 1 is 1.17 bits per heavy atom. The number of hydrogen-bond donors (Lipinski definition) is 2. The summed E-state index contributed by atoms with van der Waals surface area (Å²) in [5, 5.41) is 15.6. The van der Waals surface area contributed by atoms with Crippen molar-refractivity contribution in [3.63, 3.8) is 0 Å². The summed E-state index contributed by atoms with van der Waals surface area (Å²) in [7, 11) is 1.51. The third kappa shape index (κ3) is 2.87. The summed E-state index contributed by atoms with van der Waals surface area (Å²) in [6.45, 7) is 0. The molecule has 0 spiro atoms. The smallest absolute Gasteiger partial charge is 0.268 e. The van der Waals surface area contributed by atoms with Crippen molar-refractivity contribution >= 4 is 22.6 Å². The van der Waals surface area contributed by atoms with E-state index in [1.165, 1.54) is 7.11 Å². The lowest BCUT2D eigenvalue weighted by Gasteiger charge is -2.08. The van der Waals surface area contributed by atoms with Crippen molar-refractivity contribution in [2.75, 3.05) is 12.4 Å². The molecular weight excluding hydrogens is 296 g/mol. The van der Waals surface area contributed by atoms with Gasteiger partial charge in [-0.25, -0.2) is 0 Å². The van der Waals surface area contributed by atoms with Gasteiger partial charge in [0.1, 0.15) is 5.56 Å². The molecule has 2 aromatic carbocycles. The lowest BCUT2D eigenvalue weighted by molar-refractivity contribution is 0.102. The number of rotatable bonds is 3. The third-order valence-corrected chi connectivity index (χ3v) is 3.33. The maximum Gasteiger partial charge on any atom is 0.268 e. The number of methoxy groups -OCH3 is 1. The second-order valence-corrected chi connectivity index (χ2v) is 4.76. The van der Waals surface area contributed by atoms with Crippen LogP contribution in [0.3, 0.4) is 0 Å². The summed E-state index contributed by atoms with van der Waals surface area (Å²) < 4.78 is 10.7. The van der Waals surface area contributed by atoms with E-state index in [1.54, 1.807) is 36.4 Å². The Kier molecular flexibility index (Phi) is 3.97. The molecule has 23 heavy (non-hydrogen) atoms. The van der Waals surface area contributed by atoms with Gasteiger partial charge in [-0.15, -0.1) is 0 Å². The Hall–Kier alpha value is -3.28. The van der Waals surface area contributed by atoms with E-state index in [0.717, 1.165) is 0 Å². The first-order valence-corrected chi connectivity index (χ1v) is 6.88. The molecule has 0 atom stereocenters. The Bertz CT molecular complexity index is 917.